The number of hydrogen-bond donors (Lipinski definition) is 2. The third-order valence-electron chi connectivity index (χ3n) is 8.41. The first-order valence-corrected chi connectivity index (χ1v) is 18.8. The van der Waals surface area contributed by atoms with Gasteiger partial charge in [-0.2, -0.15) is 0 Å². The lowest BCUT2D eigenvalue weighted by Crippen LogP contribution is -2.58. The van der Waals surface area contributed by atoms with Crippen molar-refractivity contribution in [3.05, 3.63) is 71.8 Å². The van der Waals surface area contributed by atoms with Gasteiger partial charge >= 0.3 is 12.1 Å². The lowest BCUT2D eigenvalue weighted by Gasteiger charge is -2.39. The molecular weight excluding hydrogens is 602 g/mol. The van der Waals surface area contributed by atoms with Crippen molar-refractivity contribution in [2.75, 3.05) is 6.61 Å². The fourth-order valence-electron chi connectivity index (χ4n) is 4.85. The lowest BCUT2D eigenvalue weighted by atomic mass is 10.1. The minimum absolute atomic E-state index is 0.0181. The molecule has 0 unspecified atom stereocenters. The van der Waals surface area contributed by atoms with Crippen molar-refractivity contribution in [1.82, 2.24) is 15.5 Å². The molecule has 3 rings (SSSR count). The minimum atomic E-state index is -2.20. The first-order chi connectivity index (χ1) is 21.5. The highest BCUT2D eigenvalue weighted by atomic mass is 28.4. The van der Waals surface area contributed by atoms with Crippen LogP contribution in [0.5, 0.6) is 0 Å². The Kier molecular flexibility index (Phi) is 12.6. The number of benzene rings is 2. The van der Waals surface area contributed by atoms with Gasteiger partial charge < -0.3 is 29.4 Å². The van der Waals surface area contributed by atoms with Crippen LogP contribution in [0.2, 0.25) is 18.1 Å². The summed E-state index contributed by atoms with van der Waals surface area (Å²) < 4.78 is 17.4. The summed E-state index contributed by atoms with van der Waals surface area (Å²) in [5.41, 5.74) is 0.880. The van der Waals surface area contributed by atoms with Crippen LogP contribution in [0.4, 0.5) is 4.79 Å². The summed E-state index contributed by atoms with van der Waals surface area (Å²) >= 11 is 0. The van der Waals surface area contributed by atoms with Crippen LogP contribution in [-0.2, 0) is 41.4 Å². The monoisotopic (exact) mass is 653 g/mol. The molecule has 0 bridgehead atoms. The van der Waals surface area contributed by atoms with Crippen LogP contribution in [-0.4, -0.2) is 67.4 Å². The van der Waals surface area contributed by atoms with Gasteiger partial charge in [0.2, 0.25) is 11.8 Å². The summed E-state index contributed by atoms with van der Waals surface area (Å²) in [5, 5.41) is 5.50. The summed E-state index contributed by atoms with van der Waals surface area (Å²) in [6, 6.07) is 16.1. The second-order valence-electron chi connectivity index (χ2n) is 14.3. The molecule has 1 saturated heterocycles. The quantitative estimate of drug-likeness (QED) is 0.222. The number of amides is 3. The molecule has 252 valence electrons. The molecule has 2 aromatic carbocycles. The first-order valence-electron chi connectivity index (χ1n) is 15.9. The Bertz CT molecular complexity index is 1320. The number of carbonyl (C=O) groups is 4. The molecular formula is C35H51N3O7Si. The number of likely N-dealkylation sites (tertiary alicyclic amines) is 1. The van der Waals surface area contributed by atoms with Gasteiger partial charge in [0.15, 0.2) is 8.32 Å². The van der Waals surface area contributed by atoms with Crippen LogP contribution in [0.25, 0.3) is 0 Å². The summed E-state index contributed by atoms with van der Waals surface area (Å²) in [5.74, 6) is -1.55. The number of esters is 1. The Morgan fingerprint density at radius 2 is 1.48 bits per heavy atom. The number of rotatable bonds is 12. The number of ether oxygens (including phenoxy) is 2. The maximum Gasteiger partial charge on any atom is 0.408 e. The molecule has 0 spiro atoms. The highest BCUT2D eigenvalue weighted by molar-refractivity contribution is 6.74. The number of alkyl carbamates (subject to hydrolysis) is 1. The van der Waals surface area contributed by atoms with Crippen LogP contribution in [0.1, 0.15) is 71.9 Å². The molecule has 1 aliphatic heterocycles. The Labute approximate surface area is 274 Å². The zero-order chi connectivity index (χ0) is 34.1. The fourth-order valence-corrected chi connectivity index (χ4v) is 5.90. The second-order valence-corrected chi connectivity index (χ2v) is 19.1. The van der Waals surface area contributed by atoms with Crippen molar-refractivity contribution < 1.29 is 33.1 Å². The van der Waals surface area contributed by atoms with Gasteiger partial charge in [0.05, 0.1) is 19.1 Å². The first kappa shape index (κ1) is 36.8. The number of carbonyl (C=O) groups excluding carboxylic acids is 4. The smallest absolute Gasteiger partial charge is 0.408 e. The van der Waals surface area contributed by atoms with Gasteiger partial charge in [-0.3, -0.25) is 14.4 Å². The normalized spacial score (nSPS) is 17.6. The Hall–Kier alpha value is -3.70. The van der Waals surface area contributed by atoms with Gasteiger partial charge in [0.25, 0.3) is 0 Å². The summed E-state index contributed by atoms with van der Waals surface area (Å²) in [4.78, 5) is 55.5. The maximum atomic E-state index is 14.4. The van der Waals surface area contributed by atoms with E-state index in [2.05, 4.69) is 44.5 Å². The summed E-state index contributed by atoms with van der Waals surface area (Å²) in [6.07, 6.45) is -0.341. The molecule has 0 aliphatic carbocycles. The van der Waals surface area contributed by atoms with E-state index in [9.17, 15) is 19.2 Å². The predicted molar refractivity (Wildman–Crippen MR) is 179 cm³/mol. The third kappa shape index (κ3) is 11.0. The zero-order valence-electron chi connectivity index (χ0n) is 28.6. The van der Waals surface area contributed by atoms with Crippen LogP contribution < -0.4 is 10.6 Å². The largest absolute Gasteiger partial charge is 0.461 e. The van der Waals surface area contributed by atoms with Gasteiger partial charge in [-0.1, -0.05) is 81.4 Å². The maximum absolute atomic E-state index is 14.4. The SMILES string of the molecule is CC(C)(C)OC(=O)N[C@@H](CC(=O)OCc1ccccc1)C(=O)N1[C@@H](CO[Si](C)(C)C(C)(C)C)CC[C@H]1C(=O)NCc1ccccc1. The highest BCUT2D eigenvalue weighted by Gasteiger charge is 2.46. The van der Waals surface area contributed by atoms with Crippen molar-refractivity contribution in [3.8, 4) is 0 Å². The van der Waals surface area contributed by atoms with E-state index in [4.69, 9.17) is 13.9 Å². The van der Waals surface area contributed by atoms with Crippen LogP contribution in [0, 0.1) is 0 Å². The van der Waals surface area contributed by atoms with Crippen LogP contribution in [0.15, 0.2) is 60.7 Å². The van der Waals surface area contributed by atoms with E-state index in [1.807, 2.05) is 60.7 Å². The van der Waals surface area contributed by atoms with Crippen molar-refractivity contribution >= 4 is 32.2 Å². The fraction of sp³-hybridized carbons (Fsp3) is 0.543. The number of nitrogens with one attached hydrogen (secondary N) is 2. The van der Waals surface area contributed by atoms with Crippen molar-refractivity contribution in [3.63, 3.8) is 0 Å². The van der Waals surface area contributed by atoms with Gasteiger partial charge in [-0.25, -0.2) is 4.79 Å². The number of nitrogens with zero attached hydrogens (tertiary/aromatic N) is 1. The topological polar surface area (TPSA) is 123 Å². The Morgan fingerprint density at radius 3 is 2.04 bits per heavy atom. The summed E-state index contributed by atoms with van der Waals surface area (Å²) in [6.45, 7) is 16.4. The molecule has 2 aromatic rings. The minimum Gasteiger partial charge on any atom is -0.461 e. The van der Waals surface area contributed by atoms with E-state index < -0.39 is 56.4 Å². The molecule has 1 fully saturated rings. The molecule has 0 saturated carbocycles. The van der Waals surface area contributed by atoms with E-state index in [-0.39, 0.29) is 24.2 Å². The van der Waals surface area contributed by atoms with E-state index in [0.29, 0.717) is 19.4 Å². The molecule has 46 heavy (non-hydrogen) atoms. The average Bonchev–Trinajstić information content (AvgIpc) is 3.41. The van der Waals surface area contributed by atoms with Crippen molar-refractivity contribution in [2.24, 2.45) is 0 Å². The molecule has 11 heteroatoms. The third-order valence-corrected chi connectivity index (χ3v) is 12.9. The van der Waals surface area contributed by atoms with E-state index in [1.54, 1.807) is 20.8 Å². The van der Waals surface area contributed by atoms with E-state index >= 15 is 0 Å². The van der Waals surface area contributed by atoms with E-state index in [1.165, 1.54) is 4.90 Å². The van der Waals surface area contributed by atoms with Gasteiger partial charge in [0, 0.05) is 6.54 Å². The zero-order valence-corrected chi connectivity index (χ0v) is 29.6. The standard InChI is InChI=1S/C35H51N3O7Si/c1-34(2,3)45-33(42)37-28(21-30(39)43-23-26-17-13-10-14-18-26)32(41)38-27(24-44-46(7,8)35(4,5)6)19-20-29(38)31(40)36-22-25-15-11-9-12-16-25/h9-18,27-29H,19-24H2,1-8H3,(H,36,40)(H,37,42)/t27-,28+,29+/m1/s1. The van der Waals surface area contributed by atoms with Crippen molar-refractivity contribution in [2.45, 2.75) is 116 Å². The van der Waals surface area contributed by atoms with E-state index in [0.717, 1.165) is 11.1 Å². The van der Waals surface area contributed by atoms with Crippen LogP contribution >= 0.6 is 0 Å². The highest BCUT2D eigenvalue weighted by Crippen LogP contribution is 2.37. The van der Waals surface area contributed by atoms with Crippen LogP contribution in [0.3, 0.4) is 0 Å². The Morgan fingerprint density at radius 1 is 0.891 bits per heavy atom. The lowest BCUT2D eigenvalue weighted by molar-refractivity contribution is -0.150. The predicted octanol–water partition coefficient (Wildman–Crippen LogP) is 5.71. The molecule has 3 atom stereocenters. The summed E-state index contributed by atoms with van der Waals surface area (Å²) in [7, 11) is -2.20. The average molecular weight is 654 g/mol. The van der Waals surface area contributed by atoms with Gasteiger partial charge in [0.1, 0.15) is 24.3 Å². The molecule has 0 aromatic heterocycles. The number of hydrogen-bond acceptors (Lipinski definition) is 7. The molecule has 2 N–H and O–H groups in total. The van der Waals surface area contributed by atoms with Crippen molar-refractivity contribution in [1.29, 1.82) is 0 Å². The molecule has 3 amide bonds. The Balaban J connectivity index is 1.87. The molecule has 1 heterocycles. The molecule has 0 radical (unpaired) electrons. The molecule has 1 aliphatic rings. The molecule has 10 nitrogen and oxygen atoms in total. The van der Waals surface area contributed by atoms with Gasteiger partial charge in [-0.15, -0.1) is 0 Å². The second kappa shape index (κ2) is 15.7. The van der Waals surface area contributed by atoms with Gasteiger partial charge in [-0.05, 0) is 62.9 Å².